The summed E-state index contributed by atoms with van der Waals surface area (Å²) in [7, 11) is -3.88. The molecule has 0 radical (unpaired) electrons. The van der Waals surface area contributed by atoms with Crippen LogP contribution in [0.5, 0.6) is 0 Å². The summed E-state index contributed by atoms with van der Waals surface area (Å²) in [4.78, 5) is 35.6. The zero-order chi connectivity index (χ0) is 23.4. The minimum atomic E-state index is -3.88. The van der Waals surface area contributed by atoms with Gasteiger partial charge in [-0.25, -0.2) is 13.2 Å². The molecule has 0 unspecified atom stereocenters. The molecule has 0 aliphatic heterocycles. The van der Waals surface area contributed by atoms with E-state index in [4.69, 9.17) is 13.3 Å². The lowest BCUT2D eigenvalue weighted by molar-refractivity contribution is -0.150. The summed E-state index contributed by atoms with van der Waals surface area (Å²) in [6.07, 6.45) is 2.75. The monoisotopic (exact) mass is 462 g/mol. The van der Waals surface area contributed by atoms with Crippen LogP contribution in [0.1, 0.15) is 71.3 Å². The smallest absolute Gasteiger partial charge is 0.455 e. The maximum absolute atomic E-state index is 13.3. The molecule has 0 N–H and O–H groups in total. The van der Waals surface area contributed by atoms with Gasteiger partial charge in [-0.05, 0) is 37.0 Å². The Morgan fingerprint density at radius 3 is 1.58 bits per heavy atom. The van der Waals surface area contributed by atoms with Crippen molar-refractivity contribution < 1.29 is 40.8 Å². The first kappa shape index (κ1) is 26.7. The van der Waals surface area contributed by atoms with E-state index in [-0.39, 0.29) is 25.3 Å². The van der Waals surface area contributed by atoms with E-state index in [1.165, 1.54) is 0 Å². The van der Waals surface area contributed by atoms with Gasteiger partial charge in [-0.15, -0.1) is 0 Å². The molecule has 0 aromatic heterocycles. The van der Waals surface area contributed by atoms with Crippen molar-refractivity contribution in [2.24, 2.45) is 0 Å². The molecule has 0 saturated heterocycles. The van der Waals surface area contributed by atoms with Gasteiger partial charge in [0.25, 0.3) is 17.9 Å². The number of halogens is 3. The molecular weight excluding hydrogens is 433 g/mol. The molecule has 0 fully saturated rings. The van der Waals surface area contributed by atoms with Gasteiger partial charge in [-0.3, -0.25) is 14.4 Å². The highest BCUT2D eigenvalue weighted by Gasteiger charge is 2.52. The predicted octanol–water partition coefficient (Wildman–Crippen LogP) is 5.01. The fourth-order valence-electron chi connectivity index (χ4n) is 2.73. The number of hydrogen-bond donors (Lipinski definition) is 0. The molecule has 0 saturated carbocycles. The lowest BCUT2D eigenvalue weighted by Gasteiger charge is -2.27. The zero-order valence-electron chi connectivity index (χ0n) is 18.1. The van der Waals surface area contributed by atoms with Gasteiger partial charge in [-0.2, -0.15) is 0 Å². The number of hydrogen-bond acceptors (Lipinski definition) is 6. The van der Waals surface area contributed by atoms with E-state index in [1.54, 1.807) is 20.8 Å². The number of aryl methyl sites for hydroxylation is 1. The second kappa shape index (κ2) is 13.1. The quantitative estimate of drug-likeness (QED) is 0.233. The Balaban J connectivity index is 2.68. The Kier molecular flexibility index (Phi) is 11.3. The number of rotatable bonds is 13. The number of unbranched alkanes of at least 4 members (excludes halogenated alkanes) is 3. The maximum atomic E-state index is 13.3. The molecule has 1 aromatic rings. The van der Waals surface area contributed by atoms with E-state index in [9.17, 15) is 27.6 Å². The third kappa shape index (κ3) is 9.12. The molecule has 0 heterocycles. The fourth-order valence-corrected chi connectivity index (χ4v) is 5.32. The SMILES string of the molecule is CCC(=O)O[Si](CCCCCCc1cc(F)c(F)c(F)c1)(OC(=O)CC)OC(=O)CC. The van der Waals surface area contributed by atoms with Gasteiger partial charge >= 0.3 is 8.80 Å². The normalized spacial score (nSPS) is 11.2. The number of carbonyl (C=O) groups is 3. The van der Waals surface area contributed by atoms with Gasteiger partial charge in [0.05, 0.1) is 6.04 Å². The topological polar surface area (TPSA) is 78.9 Å². The van der Waals surface area contributed by atoms with Crippen LogP contribution in [0.4, 0.5) is 13.2 Å². The maximum Gasteiger partial charge on any atom is 0.705 e. The number of carbonyl (C=O) groups excluding carboxylic acids is 3. The van der Waals surface area contributed by atoms with E-state index in [0.717, 1.165) is 12.1 Å². The van der Waals surface area contributed by atoms with Gasteiger partial charge in [-0.1, -0.05) is 33.6 Å². The molecule has 0 spiro atoms. The predicted molar refractivity (Wildman–Crippen MR) is 108 cm³/mol. The van der Waals surface area contributed by atoms with Crippen molar-refractivity contribution in [2.45, 2.75) is 78.2 Å². The summed E-state index contributed by atoms with van der Waals surface area (Å²) in [5.74, 6) is -5.81. The van der Waals surface area contributed by atoms with Crippen LogP contribution in [0.2, 0.25) is 6.04 Å². The molecule has 174 valence electrons. The molecule has 1 rings (SSSR count). The van der Waals surface area contributed by atoms with E-state index >= 15 is 0 Å². The Hall–Kier alpha value is -2.36. The fraction of sp³-hybridized carbons (Fsp3) is 0.571. The third-order valence-corrected chi connectivity index (χ3v) is 7.00. The van der Waals surface area contributed by atoms with E-state index < -0.39 is 44.2 Å². The summed E-state index contributed by atoms with van der Waals surface area (Å²) < 4.78 is 55.6. The highest BCUT2D eigenvalue weighted by atomic mass is 28.4. The summed E-state index contributed by atoms with van der Waals surface area (Å²) in [5.41, 5.74) is 0.353. The Morgan fingerprint density at radius 1 is 0.742 bits per heavy atom. The molecule has 0 amide bonds. The van der Waals surface area contributed by atoms with Crippen molar-refractivity contribution >= 4 is 26.7 Å². The van der Waals surface area contributed by atoms with Crippen LogP contribution >= 0.6 is 0 Å². The first-order chi connectivity index (χ1) is 14.7. The second-order valence-corrected chi connectivity index (χ2v) is 9.43. The second-order valence-electron chi connectivity index (χ2n) is 6.95. The van der Waals surface area contributed by atoms with Crippen LogP contribution < -0.4 is 0 Å². The van der Waals surface area contributed by atoms with Gasteiger partial charge < -0.3 is 13.3 Å². The standard InChI is InChI=1S/C21H29F3O6Si/c1-4-18(25)28-31(29-19(26)5-2,30-20(27)6-3)12-10-8-7-9-11-15-13-16(22)21(24)17(23)14-15/h13-14H,4-12H2,1-3H3. The average molecular weight is 463 g/mol. The summed E-state index contributed by atoms with van der Waals surface area (Å²) in [6.45, 7) is 4.73. The summed E-state index contributed by atoms with van der Waals surface area (Å²) >= 11 is 0. The average Bonchev–Trinajstić information content (AvgIpc) is 2.73. The largest absolute Gasteiger partial charge is 0.705 e. The lowest BCUT2D eigenvalue weighted by atomic mass is 10.1. The van der Waals surface area contributed by atoms with Crippen LogP contribution in [-0.2, 0) is 34.1 Å². The van der Waals surface area contributed by atoms with Crippen LogP contribution in [0.3, 0.4) is 0 Å². The van der Waals surface area contributed by atoms with E-state index in [1.807, 2.05) is 0 Å². The Morgan fingerprint density at radius 2 is 1.16 bits per heavy atom. The third-order valence-electron chi connectivity index (χ3n) is 4.42. The Bertz CT molecular complexity index is 703. The van der Waals surface area contributed by atoms with Crippen molar-refractivity contribution in [3.8, 4) is 0 Å². The Labute approximate surface area is 181 Å². The molecule has 31 heavy (non-hydrogen) atoms. The molecular formula is C21H29F3O6Si. The van der Waals surface area contributed by atoms with Gasteiger partial charge in [0.1, 0.15) is 0 Å². The van der Waals surface area contributed by atoms with Crippen LogP contribution in [0, 0.1) is 17.5 Å². The summed E-state index contributed by atoms with van der Waals surface area (Å²) in [6, 6.07) is 2.03. The van der Waals surface area contributed by atoms with Crippen molar-refractivity contribution in [1.82, 2.24) is 0 Å². The van der Waals surface area contributed by atoms with Crippen LogP contribution in [-0.4, -0.2) is 26.7 Å². The minimum Gasteiger partial charge on any atom is -0.455 e. The van der Waals surface area contributed by atoms with Crippen molar-refractivity contribution in [2.75, 3.05) is 0 Å². The van der Waals surface area contributed by atoms with Crippen molar-refractivity contribution in [3.63, 3.8) is 0 Å². The number of benzene rings is 1. The zero-order valence-corrected chi connectivity index (χ0v) is 19.1. The van der Waals surface area contributed by atoms with E-state index in [2.05, 4.69) is 0 Å². The first-order valence-electron chi connectivity index (χ1n) is 10.4. The van der Waals surface area contributed by atoms with Crippen LogP contribution in [0.25, 0.3) is 0 Å². The molecule has 10 heteroatoms. The van der Waals surface area contributed by atoms with Crippen molar-refractivity contribution in [3.05, 3.63) is 35.1 Å². The minimum absolute atomic E-state index is 0.0346. The van der Waals surface area contributed by atoms with E-state index in [0.29, 0.717) is 37.7 Å². The highest BCUT2D eigenvalue weighted by Crippen LogP contribution is 2.23. The molecule has 6 nitrogen and oxygen atoms in total. The van der Waals surface area contributed by atoms with Gasteiger partial charge in [0.2, 0.25) is 0 Å². The molecule has 0 aliphatic carbocycles. The van der Waals surface area contributed by atoms with Crippen LogP contribution in [0.15, 0.2) is 12.1 Å². The highest BCUT2D eigenvalue weighted by molar-refractivity contribution is 6.65. The lowest BCUT2D eigenvalue weighted by Crippen LogP contribution is -2.50. The molecule has 0 atom stereocenters. The molecule has 0 bridgehead atoms. The van der Waals surface area contributed by atoms with Gasteiger partial charge in [0, 0.05) is 19.3 Å². The van der Waals surface area contributed by atoms with Gasteiger partial charge in [0.15, 0.2) is 17.5 Å². The first-order valence-corrected chi connectivity index (χ1v) is 12.4. The summed E-state index contributed by atoms with van der Waals surface area (Å²) in [5, 5.41) is 0. The molecule has 0 aliphatic rings. The van der Waals surface area contributed by atoms with Crippen molar-refractivity contribution in [1.29, 1.82) is 0 Å². The molecule has 1 aromatic carbocycles.